The largest absolute Gasteiger partial charge is 0.312 e. The molecule has 3 nitrogen and oxygen atoms in total. The summed E-state index contributed by atoms with van der Waals surface area (Å²) >= 11 is 0. The molecule has 0 unspecified atom stereocenters. The van der Waals surface area contributed by atoms with E-state index in [1.54, 1.807) is 12.4 Å². The summed E-state index contributed by atoms with van der Waals surface area (Å²) in [6.45, 7) is 2.08. The van der Waals surface area contributed by atoms with E-state index in [2.05, 4.69) is 15.5 Å². The van der Waals surface area contributed by atoms with Crippen LogP contribution in [0.15, 0.2) is 18.5 Å². The van der Waals surface area contributed by atoms with Gasteiger partial charge in [0.15, 0.2) is 0 Å². The molecule has 1 heterocycles. The third-order valence-electron chi connectivity index (χ3n) is 2.10. The highest BCUT2D eigenvalue weighted by atomic mass is 15.1. The highest BCUT2D eigenvalue weighted by Gasteiger charge is 2.19. The molecular formula is C9H13N3. The van der Waals surface area contributed by atoms with Gasteiger partial charge in [0.2, 0.25) is 0 Å². The van der Waals surface area contributed by atoms with Crippen molar-refractivity contribution in [2.45, 2.75) is 19.4 Å². The minimum absolute atomic E-state index is 0.923. The van der Waals surface area contributed by atoms with Crippen LogP contribution in [0.1, 0.15) is 18.4 Å². The summed E-state index contributed by atoms with van der Waals surface area (Å²) in [6.07, 6.45) is 6.34. The maximum atomic E-state index is 3.81. The Hall–Kier alpha value is -0.960. The van der Waals surface area contributed by atoms with Gasteiger partial charge in [-0.1, -0.05) is 0 Å². The Balaban J connectivity index is 1.72. The molecule has 0 atom stereocenters. The van der Waals surface area contributed by atoms with Crippen LogP contribution < -0.4 is 5.32 Å². The summed E-state index contributed by atoms with van der Waals surface area (Å²) in [5.74, 6) is 0.944. The number of aromatic nitrogens is 2. The first-order chi connectivity index (χ1) is 5.95. The van der Waals surface area contributed by atoms with Crippen LogP contribution in [0.4, 0.5) is 0 Å². The Bertz CT molecular complexity index is 231. The Kier molecular flexibility index (Phi) is 2.32. The number of hydrogen-bond donors (Lipinski definition) is 1. The minimum atomic E-state index is 0.923. The molecular weight excluding hydrogens is 150 g/mol. The van der Waals surface area contributed by atoms with Gasteiger partial charge in [0.1, 0.15) is 0 Å². The second-order valence-electron chi connectivity index (χ2n) is 3.32. The third-order valence-corrected chi connectivity index (χ3v) is 2.10. The predicted molar refractivity (Wildman–Crippen MR) is 46.5 cm³/mol. The summed E-state index contributed by atoms with van der Waals surface area (Å²) in [5, 5.41) is 10.9. The van der Waals surface area contributed by atoms with Crippen molar-refractivity contribution in [2.24, 2.45) is 5.92 Å². The molecule has 64 valence electrons. The molecule has 1 aliphatic carbocycles. The van der Waals surface area contributed by atoms with E-state index in [4.69, 9.17) is 0 Å². The van der Waals surface area contributed by atoms with Gasteiger partial charge in [0.25, 0.3) is 0 Å². The fraction of sp³-hybridized carbons (Fsp3) is 0.556. The Labute approximate surface area is 72.2 Å². The number of rotatable bonds is 4. The molecule has 2 rings (SSSR count). The molecule has 1 aliphatic rings. The zero-order valence-corrected chi connectivity index (χ0v) is 7.03. The van der Waals surface area contributed by atoms with Gasteiger partial charge in [-0.2, -0.15) is 10.2 Å². The van der Waals surface area contributed by atoms with Crippen LogP contribution in [0.2, 0.25) is 0 Å². The zero-order chi connectivity index (χ0) is 8.23. The van der Waals surface area contributed by atoms with Gasteiger partial charge in [-0.3, -0.25) is 0 Å². The molecule has 0 radical (unpaired) electrons. The van der Waals surface area contributed by atoms with Crippen LogP contribution in [0.25, 0.3) is 0 Å². The Morgan fingerprint density at radius 2 is 2.33 bits per heavy atom. The molecule has 3 heteroatoms. The lowest BCUT2D eigenvalue weighted by Gasteiger charge is -2.01. The summed E-state index contributed by atoms with van der Waals surface area (Å²) in [5.41, 5.74) is 1.21. The van der Waals surface area contributed by atoms with E-state index in [-0.39, 0.29) is 0 Å². The van der Waals surface area contributed by atoms with Crippen molar-refractivity contribution in [1.29, 1.82) is 0 Å². The van der Waals surface area contributed by atoms with E-state index < -0.39 is 0 Å². The maximum absolute atomic E-state index is 3.81. The first-order valence-corrected chi connectivity index (χ1v) is 4.41. The molecule has 1 aromatic rings. The molecule has 0 amide bonds. The average molecular weight is 163 g/mol. The Morgan fingerprint density at radius 1 is 1.42 bits per heavy atom. The molecule has 0 spiro atoms. The van der Waals surface area contributed by atoms with Crippen molar-refractivity contribution in [3.05, 3.63) is 24.0 Å². The van der Waals surface area contributed by atoms with Crippen molar-refractivity contribution in [2.75, 3.05) is 6.54 Å². The smallest absolute Gasteiger partial charge is 0.0541 e. The summed E-state index contributed by atoms with van der Waals surface area (Å²) in [4.78, 5) is 0. The SMILES string of the molecule is c1cc(CNCC2CC2)cnn1. The van der Waals surface area contributed by atoms with Gasteiger partial charge in [-0.05, 0) is 36.9 Å². The van der Waals surface area contributed by atoms with Crippen molar-refractivity contribution in [1.82, 2.24) is 15.5 Å². The van der Waals surface area contributed by atoms with Crippen molar-refractivity contribution < 1.29 is 0 Å². The normalized spacial score (nSPS) is 16.3. The van der Waals surface area contributed by atoms with Gasteiger partial charge in [-0.25, -0.2) is 0 Å². The van der Waals surface area contributed by atoms with E-state index >= 15 is 0 Å². The highest BCUT2D eigenvalue weighted by Crippen LogP contribution is 2.27. The summed E-state index contributed by atoms with van der Waals surface area (Å²) in [6, 6.07) is 1.99. The third kappa shape index (κ3) is 2.27. The molecule has 0 aliphatic heterocycles. The van der Waals surface area contributed by atoms with E-state index in [9.17, 15) is 0 Å². The maximum Gasteiger partial charge on any atom is 0.0541 e. The van der Waals surface area contributed by atoms with Crippen LogP contribution in [0.3, 0.4) is 0 Å². The lowest BCUT2D eigenvalue weighted by atomic mass is 10.3. The number of hydrogen-bond acceptors (Lipinski definition) is 3. The number of nitrogens with zero attached hydrogens (tertiary/aromatic N) is 2. The standard InChI is InChI=1S/C9H13N3/c1-2-8(1)5-10-6-9-3-4-11-12-7-9/h3-4,7-8,10H,1-2,5-6H2. The topological polar surface area (TPSA) is 37.8 Å². The lowest BCUT2D eigenvalue weighted by molar-refractivity contribution is 0.636. The molecule has 12 heavy (non-hydrogen) atoms. The minimum Gasteiger partial charge on any atom is -0.312 e. The molecule has 1 aromatic heterocycles. The molecule has 1 saturated carbocycles. The average Bonchev–Trinajstić information content (AvgIpc) is 2.90. The number of nitrogens with one attached hydrogen (secondary N) is 1. The molecule has 0 bridgehead atoms. The van der Waals surface area contributed by atoms with Crippen LogP contribution in [-0.2, 0) is 6.54 Å². The first-order valence-electron chi connectivity index (χ1n) is 4.41. The van der Waals surface area contributed by atoms with Gasteiger partial charge in [-0.15, -0.1) is 0 Å². The molecule has 0 saturated heterocycles. The first kappa shape index (κ1) is 7.68. The van der Waals surface area contributed by atoms with Crippen LogP contribution in [0, 0.1) is 5.92 Å². The van der Waals surface area contributed by atoms with Gasteiger partial charge in [0, 0.05) is 12.7 Å². The fourth-order valence-corrected chi connectivity index (χ4v) is 1.17. The van der Waals surface area contributed by atoms with E-state index in [0.717, 1.165) is 19.0 Å². The highest BCUT2D eigenvalue weighted by molar-refractivity contribution is 5.04. The molecule has 1 fully saturated rings. The van der Waals surface area contributed by atoms with Crippen LogP contribution >= 0.6 is 0 Å². The van der Waals surface area contributed by atoms with E-state index in [1.165, 1.54) is 18.4 Å². The van der Waals surface area contributed by atoms with Crippen LogP contribution in [0.5, 0.6) is 0 Å². The second-order valence-corrected chi connectivity index (χ2v) is 3.32. The van der Waals surface area contributed by atoms with Crippen molar-refractivity contribution in [3.63, 3.8) is 0 Å². The summed E-state index contributed by atoms with van der Waals surface area (Å²) < 4.78 is 0. The monoisotopic (exact) mass is 163 g/mol. The predicted octanol–water partition coefficient (Wildman–Crippen LogP) is 0.976. The molecule has 1 N–H and O–H groups in total. The van der Waals surface area contributed by atoms with Gasteiger partial charge >= 0.3 is 0 Å². The quantitative estimate of drug-likeness (QED) is 0.719. The fourth-order valence-electron chi connectivity index (χ4n) is 1.17. The van der Waals surface area contributed by atoms with E-state index in [0.29, 0.717) is 0 Å². The zero-order valence-electron chi connectivity index (χ0n) is 7.03. The second kappa shape index (κ2) is 3.63. The lowest BCUT2D eigenvalue weighted by Crippen LogP contribution is -2.16. The summed E-state index contributed by atoms with van der Waals surface area (Å²) in [7, 11) is 0. The van der Waals surface area contributed by atoms with Crippen LogP contribution in [-0.4, -0.2) is 16.7 Å². The van der Waals surface area contributed by atoms with Crippen molar-refractivity contribution in [3.8, 4) is 0 Å². The van der Waals surface area contributed by atoms with E-state index in [1.807, 2.05) is 6.07 Å². The van der Waals surface area contributed by atoms with Gasteiger partial charge < -0.3 is 5.32 Å². The van der Waals surface area contributed by atoms with Crippen molar-refractivity contribution >= 4 is 0 Å². The van der Waals surface area contributed by atoms with Gasteiger partial charge in [0.05, 0.1) is 6.20 Å². The Morgan fingerprint density at radius 3 is 3.00 bits per heavy atom. The molecule has 0 aromatic carbocycles.